The first-order valence-corrected chi connectivity index (χ1v) is 9.96. The third-order valence-electron chi connectivity index (χ3n) is 5.02. The molecule has 0 aliphatic carbocycles. The molecule has 2 N–H and O–H groups in total. The summed E-state index contributed by atoms with van der Waals surface area (Å²) in [5.41, 5.74) is 4.34. The van der Waals surface area contributed by atoms with Gasteiger partial charge in [-0.15, -0.1) is 0 Å². The Labute approximate surface area is 174 Å². The lowest BCUT2D eigenvalue weighted by Gasteiger charge is -2.28. The number of carbonyl (C=O) groups is 1. The average molecular weight is 411 g/mol. The first kappa shape index (κ1) is 19.5. The third kappa shape index (κ3) is 4.44. The number of aromatic nitrogens is 1. The van der Waals surface area contributed by atoms with E-state index in [-0.39, 0.29) is 6.03 Å². The number of fused-ring (bicyclic) bond motifs is 1. The largest absolute Gasteiger partial charge is 0.378 e. The van der Waals surface area contributed by atoms with Crippen LogP contribution in [0, 0.1) is 13.8 Å². The van der Waals surface area contributed by atoms with Gasteiger partial charge in [-0.2, -0.15) is 0 Å². The molecule has 3 aromatic rings. The molecule has 0 atom stereocenters. The molecule has 1 aliphatic heterocycles. The molecule has 1 aromatic heterocycles. The Hall–Kier alpha value is -2.83. The van der Waals surface area contributed by atoms with Gasteiger partial charge in [-0.1, -0.05) is 17.7 Å². The van der Waals surface area contributed by atoms with Gasteiger partial charge in [0, 0.05) is 34.9 Å². The van der Waals surface area contributed by atoms with Crippen molar-refractivity contribution in [3.05, 3.63) is 58.6 Å². The Kier molecular flexibility index (Phi) is 5.56. The summed E-state index contributed by atoms with van der Waals surface area (Å²) in [6, 6.07) is 12.9. The third-order valence-corrected chi connectivity index (χ3v) is 5.43. The number of aryl methyl sites for hydroxylation is 2. The van der Waals surface area contributed by atoms with E-state index in [2.05, 4.69) is 28.5 Å². The number of rotatable bonds is 3. The van der Waals surface area contributed by atoms with Crippen LogP contribution in [0.3, 0.4) is 0 Å². The molecule has 6 nitrogen and oxygen atoms in total. The lowest BCUT2D eigenvalue weighted by Crippen LogP contribution is -2.36. The van der Waals surface area contributed by atoms with Crippen molar-refractivity contribution >= 4 is 45.7 Å². The number of anilines is 3. The van der Waals surface area contributed by atoms with Crippen molar-refractivity contribution < 1.29 is 9.53 Å². The highest BCUT2D eigenvalue weighted by Crippen LogP contribution is 2.26. The van der Waals surface area contributed by atoms with Gasteiger partial charge in [0.2, 0.25) is 0 Å². The van der Waals surface area contributed by atoms with E-state index in [1.54, 1.807) is 6.07 Å². The number of amides is 2. The predicted molar refractivity (Wildman–Crippen MR) is 118 cm³/mol. The van der Waals surface area contributed by atoms with Gasteiger partial charge >= 0.3 is 6.03 Å². The topological polar surface area (TPSA) is 66.5 Å². The summed E-state index contributed by atoms with van der Waals surface area (Å²) in [7, 11) is 0. The highest BCUT2D eigenvalue weighted by Gasteiger charge is 2.14. The minimum absolute atomic E-state index is 0.320. The van der Waals surface area contributed by atoms with Crippen LogP contribution in [0.4, 0.5) is 22.0 Å². The molecule has 29 heavy (non-hydrogen) atoms. The molecule has 0 bridgehead atoms. The van der Waals surface area contributed by atoms with E-state index in [9.17, 15) is 4.79 Å². The zero-order valence-electron chi connectivity index (χ0n) is 16.5. The second-order valence-corrected chi connectivity index (χ2v) is 7.58. The highest BCUT2D eigenvalue weighted by atomic mass is 35.5. The van der Waals surface area contributed by atoms with Gasteiger partial charge in [0.25, 0.3) is 0 Å². The second kappa shape index (κ2) is 8.27. The second-order valence-electron chi connectivity index (χ2n) is 7.17. The van der Waals surface area contributed by atoms with Crippen molar-refractivity contribution in [2.45, 2.75) is 13.8 Å². The van der Waals surface area contributed by atoms with Crippen molar-refractivity contribution in [3.8, 4) is 0 Å². The number of benzene rings is 2. The number of carbonyl (C=O) groups excluding carboxylic acids is 1. The van der Waals surface area contributed by atoms with Gasteiger partial charge in [-0.3, -0.25) is 0 Å². The summed E-state index contributed by atoms with van der Waals surface area (Å²) in [6.45, 7) is 7.13. The Bertz CT molecular complexity index is 1060. The molecular formula is C22H23ClN4O2. The lowest BCUT2D eigenvalue weighted by atomic mass is 10.1. The van der Waals surface area contributed by atoms with Crippen LogP contribution in [0.1, 0.15) is 11.1 Å². The summed E-state index contributed by atoms with van der Waals surface area (Å²) in [5, 5.41) is 7.31. The molecule has 2 heterocycles. The fraction of sp³-hybridized carbons (Fsp3) is 0.273. The lowest BCUT2D eigenvalue weighted by molar-refractivity contribution is 0.122. The maximum Gasteiger partial charge on any atom is 0.323 e. The number of hydrogen-bond acceptors (Lipinski definition) is 4. The fourth-order valence-electron chi connectivity index (χ4n) is 3.37. The van der Waals surface area contributed by atoms with Crippen LogP contribution in [-0.4, -0.2) is 37.3 Å². The van der Waals surface area contributed by atoms with Crippen molar-refractivity contribution in [2.75, 3.05) is 41.8 Å². The van der Waals surface area contributed by atoms with Crippen LogP contribution < -0.4 is 15.5 Å². The molecule has 7 heteroatoms. The number of halogens is 1. The van der Waals surface area contributed by atoms with Crippen molar-refractivity contribution in [2.24, 2.45) is 0 Å². The molecule has 0 radical (unpaired) electrons. The van der Waals surface area contributed by atoms with Crippen LogP contribution in [0.5, 0.6) is 0 Å². The standard InChI is InChI=1S/C22H23ClN4O2/c1-14-3-4-17(13-19(14)23)25-22(28)24-16-5-6-20-18(12-16)15(2)11-21(26-20)27-7-9-29-10-8-27/h3-6,11-13H,7-10H2,1-2H3,(H2,24,25,28). The van der Waals surface area contributed by atoms with Gasteiger partial charge in [-0.05, 0) is 61.4 Å². The number of nitrogens with one attached hydrogen (secondary N) is 2. The van der Waals surface area contributed by atoms with E-state index in [4.69, 9.17) is 21.3 Å². The van der Waals surface area contributed by atoms with E-state index < -0.39 is 0 Å². The number of hydrogen-bond donors (Lipinski definition) is 2. The molecule has 4 rings (SSSR count). The van der Waals surface area contributed by atoms with Gasteiger partial charge < -0.3 is 20.3 Å². The minimum atomic E-state index is -0.320. The molecular weight excluding hydrogens is 388 g/mol. The molecule has 1 aliphatic rings. The smallest absolute Gasteiger partial charge is 0.323 e. The van der Waals surface area contributed by atoms with Crippen LogP contribution in [-0.2, 0) is 4.74 Å². The predicted octanol–water partition coefficient (Wildman–Crippen LogP) is 4.99. The Morgan fingerprint density at radius 3 is 2.41 bits per heavy atom. The van der Waals surface area contributed by atoms with E-state index in [0.717, 1.165) is 54.2 Å². The molecule has 0 saturated carbocycles. The van der Waals surface area contributed by atoms with Crippen molar-refractivity contribution in [1.29, 1.82) is 0 Å². The molecule has 150 valence electrons. The maximum absolute atomic E-state index is 12.4. The quantitative estimate of drug-likeness (QED) is 0.638. The number of ether oxygens (including phenoxy) is 1. The Balaban J connectivity index is 1.51. The Morgan fingerprint density at radius 2 is 1.69 bits per heavy atom. The normalized spacial score (nSPS) is 14.1. The minimum Gasteiger partial charge on any atom is -0.378 e. The highest BCUT2D eigenvalue weighted by molar-refractivity contribution is 6.31. The summed E-state index contributed by atoms with van der Waals surface area (Å²) in [4.78, 5) is 19.4. The molecule has 1 saturated heterocycles. The molecule has 0 unspecified atom stereocenters. The van der Waals surface area contributed by atoms with Gasteiger partial charge in [0.05, 0.1) is 18.7 Å². The summed E-state index contributed by atoms with van der Waals surface area (Å²) < 4.78 is 5.42. The number of nitrogens with zero attached hydrogens (tertiary/aromatic N) is 2. The average Bonchev–Trinajstić information content (AvgIpc) is 2.71. The number of urea groups is 1. The fourth-order valence-corrected chi connectivity index (χ4v) is 3.55. The van der Waals surface area contributed by atoms with Crippen LogP contribution in [0.2, 0.25) is 5.02 Å². The molecule has 2 amide bonds. The molecule has 1 fully saturated rings. The SMILES string of the molecule is Cc1ccc(NC(=O)Nc2ccc3nc(N4CCOCC4)cc(C)c3c2)cc1Cl. The molecule has 2 aromatic carbocycles. The van der Waals surface area contributed by atoms with Crippen LogP contribution >= 0.6 is 11.6 Å². The molecule has 0 spiro atoms. The van der Waals surface area contributed by atoms with Crippen molar-refractivity contribution in [3.63, 3.8) is 0 Å². The van der Waals surface area contributed by atoms with Gasteiger partial charge in [-0.25, -0.2) is 9.78 Å². The van der Waals surface area contributed by atoms with E-state index in [1.165, 1.54) is 0 Å². The monoisotopic (exact) mass is 410 g/mol. The van der Waals surface area contributed by atoms with E-state index in [1.807, 2.05) is 37.3 Å². The van der Waals surface area contributed by atoms with Crippen LogP contribution in [0.15, 0.2) is 42.5 Å². The maximum atomic E-state index is 12.4. The number of morpholine rings is 1. The number of pyridine rings is 1. The summed E-state index contributed by atoms with van der Waals surface area (Å²) in [6.07, 6.45) is 0. The zero-order chi connectivity index (χ0) is 20.4. The Morgan fingerprint density at radius 1 is 1.00 bits per heavy atom. The summed E-state index contributed by atoms with van der Waals surface area (Å²) >= 11 is 6.12. The van der Waals surface area contributed by atoms with E-state index in [0.29, 0.717) is 16.4 Å². The first-order chi connectivity index (χ1) is 14.0. The zero-order valence-corrected chi connectivity index (χ0v) is 17.2. The van der Waals surface area contributed by atoms with Gasteiger partial charge in [0.15, 0.2) is 0 Å². The van der Waals surface area contributed by atoms with E-state index >= 15 is 0 Å². The van der Waals surface area contributed by atoms with Crippen molar-refractivity contribution in [1.82, 2.24) is 4.98 Å². The van der Waals surface area contributed by atoms with Gasteiger partial charge in [0.1, 0.15) is 5.82 Å². The first-order valence-electron chi connectivity index (χ1n) is 9.58. The van der Waals surface area contributed by atoms with Crippen LogP contribution in [0.25, 0.3) is 10.9 Å². The summed E-state index contributed by atoms with van der Waals surface area (Å²) in [5.74, 6) is 0.966.